The summed E-state index contributed by atoms with van der Waals surface area (Å²) in [6, 6.07) is 9.91. The minimum absolute atomic E-state index is 0.673. The van der Waals surface area contributed by atoms with E-state index in [9.17, 15) is 0 Å². The van der Waals surface area contributed by atoms with Crippen molar-refractivity contribution in [2.75, 3.05) is 0 Å². The molecular weight excluding hydrogens is 260 g/mol. The van der Waals surface area contributed by atoms with Crippen LogP contribution in [0.5, 0.6) is 0 Å². The summed E-state index contributed by atoms with van der Waals surface area (Å²) in [6.45, 7) is 0. The summed E-state index contributed by atoms with van der Waals surface area (Å²) >= 11 is 1.51. The van der Waals surface area contributed by atoms with Crippen molar-refractivity contribution >= 4 is 22.3 Å². The Morgan fingerprint density at radius 1 is 1.21 bits per heavy atom. The van der Waals surface area contributed by atoms with E-state index >= 15 is 0 Å². The Kier molecular flexibility index (Phi) is 2.22. The van der Waals surface area contributed by atoms with Gasteiger partial charge in [0.2, 0.25) is 0 Å². The lowest BCUT2D eigenvalue weighted by Gasteiger charge is -1.88. The van der Waals surface area contributed by atoms with E-state index in [1.807, 2.05) is 35.7 Å². The largest absolute Gasteiger partial charge is 0.454 e. The average molecular weight is 268 g/mol. The fourth-order valence-corrected chi connectivity index (χ4v) is 2.67. The van der Waals surface area contributed by atoms with E-state index in [2.05, 4.69) is 20.2 Å². The molecule has 19 heavy (non-hydrogen) atoms. The van der Waals surface area contributed by atoms with Crippen LogP contribution in [0.3, 0.4) is 0 Å². The fraction of sp³-hybridized carbons (Fsp3) is 0. The number of rotatable bonds is 2. The van der Waals surface area contributed by atoms with Crippen molar-refractivity contribution in [2.24, 2.45) is 0 Å². The Hall–Kier alpha value is -2.47. The topological polar surface area (TPSA) is 67.6 Å². The molecule has 0 aliphatic heterocycles. The summed E-state index contributed by atoms with van der Waals surface area (Å²) < 4.78 is 5.78. The molecule has 0 spiro atoms. The molecular formula is C13H8N4OS. The maximum absolute atomic E-state index is 5.78. The van der Waals surface area contributed by atoms with Gasteiger partial charge in [0.1, 0.15) is 17.6 Å². The monoisotopic (exact) mass is 268 g/mol. The van der Waals surface area contributed by atoms with Gasteiger partial charge in [0.15, 0.2) is 16.6 Å². The Bertz CT molecular complexity index is 798. The van der Waals surface area contributed by atoms with Crippen molar-refractivity contribution in [2.45, 2.75) is 0 Å². The minimum Gasteiger partial charge on any atom is -0.454 e. The van der Waals surface area contributed by atoms with Gasteiger partial charge in [0.05, 0.1) is 0 Å². The number of fused-ring (bicyclic) bond motifs is 1. The summed E-state index contributed by atoms with van der Waals surface area (Å²) in [5, 5.41) is 10.5. The number of nitrogens with one attached hydrogen (secondary N) is 1. The van der Waals surface area contributed by atoms with Crippen LogP contribution in [0.4, 0.5) is 0 Å². The molecule has 0 saturated heterocycles. The van der Waals surface area contributed by atoms with Gasteiger partial charge in [0.25, 0.3) is 0 Å². The van der Waals surface area contributed by atoms with Crippen LogP contribution in [0.15, 0.2) is 46.5 Å². The first-order valence-electron chi connectivity index (χ1n) is 5.70. The number of benzene rings is 1. The first-order chi connectivity index (χ1) is 9.40. The Morgan fingerprint density at radius 2 is 2.16 bits per heavy atom. The highest BCUT2D eigenvalue weighted by molar-refractivity contribution is 7.13. The molecule has 4 rings (SSSR count). The molecule has 0 bridgehead atoms. The van der Waals surface area contributed by atoms with E-state index < -0.39 is 0 Å². The summed E-state index contributed by atoms with van der Waals surface area (Å²) in [5.41, 5.74) is 1.68. The van der Waals surface area contributed by atoms with Crippen LogP contribution in [0, 0.1) is 0 Å². The number of thiazole rings is 1. The Balaban J connectivity index is 1.80. The summed E-state index contributed by atoms with van der Waals surface area (Å²) in [6.07, 6.45) is 1.47. The minimum atomic E-state index is 0.673. The third-order valence-corrected chi connectivity index (χ3v) is 3.65. The maximum Gasteiger partial charge on any atom is 0.184 e. The molecule has 0 radical (unpaired) electrons. The second kappa shape index (κ2) is 4.03. The van der Waals surface area contributed by atoms with E-state index in [-0.39, 0.29) is 0 Å². The number of para-hydroxylation sites is 1. The summed E-state index contributed by atoms with van der Waals surface area (Å²) in [4.78, 5) is 8.60. The predicted octanol–water partition coefficient (Wildman–Crippen LogP) is 3.34. The lowest BCUT2D eigenvalue weighted by atomic mass is 10.2. The zero-order chi connectivity index (χ0) is 12.7. The lowest BCUT2D eigenvalue weighted by molar-refractivity contribution is 0.629. The van der Waals surface area contributed by atoms with Crippen molar-refractivity contribution in [1.29, 1.82) is 0 Å². The van der Waals surface area contributed by atoms with Gasteiger partial charge in [-0.05, 0) is 12.1 Å². The van der Waals surface area contributed by atoms with E-state index in [0.717, 1.165) is 27.4 Å². The summed E-state index contributed by atoms with van der Waals surface area (Å²) in [7, 11) is 0. The van der Waals surface area contributed by atoms with Crippen LogP contribution in [-0.2, 0) is 0 Å². The zero-order valence-corrected chi connectivity index (χ0v) is 10.5. The van der Waals surface area contributed by atoms with Gasteiger partial charge >= 0.3 is 0 Å². The Labute approximate surface area is 111 Å². The van der Waals surface area contributed by atoms with E-state index in [0.29, 0.717) is 5.82 Å². The lowest BCUT2D eigenvalue weighted by Crippen LogP contribution is -1.79. The fourth-order valence-electron chi connectivity index (χ4n) is 1.91. The molecule has 0 atom stereocenters. The molecule has 92 valence electrons. The van der Waals surface area contributed by atoms with Gasteiger partial charge in [-0.25, -0.2) is 9.97 Å². The Morgan fingerprint density at radius 3 is 3.00 bits per heavy atom. The third kappa shape index (κ3) is 1.73. The predicted molar refractivity (Wildman–Crippen MR) is 72.7 cm³/mol. The van der Waals surface area contributed by atoms with E-state index in [4.69, 9.17) is 4.42 Å². The molecule has 3 aromatic heterocycles. The van der Waals surface area contributed by atoms with Gasteiger partial charge in [-0.2, -0.15) is 5.10 Å². The highest BCUT2D eigenvalue weighted by Crippen LogP contribution is 2.30. The van der Waals surface area contributed by atoms with Crippen LogP contribution < -0.4 is 0 Å². The second-order valence-electron chi connectivity index (χ2n) is 4.02. The standard InChI is InChI=1S/C13H8N4OS/c1-2-4-10-8(3-1)5-11(18-10)9-6-19-13(16-9)12-14-7-15-17-12/h1-7H,(H,14,15,17). The molecule has 0 aliphatic rings. The van der Waals surface area contributed by atoms with Crippen molar-refractivity contribution < 1.29 is 4.42 Å². The SMILES string of the molecule is c1ccc2oc(-c3csc(-c4ncn[nH]4)n3)cc2c1. The molecule has 1 N–H and O–H groups in total. The number of hydrogen-bond acceptors (Lipinski definition) is 5. The van der Waals surface area contributed by atoms with E-state index in [1.165, 1.54) is 17.7 Å². The summed E-state index contributed by atoms with van der Waals surface area (Å²) in [5.74, 6) is 1.44. The molecule has 5 nitrogen and oxygen atoms in total. The molecule has 0 amide bonds. The maximum atomic E-state index is 5.78. The number of H-pyrrole nitrogens is 1. The van der Waals surface area contributed by atoms with Crippen LogP contribution in [-0.4, -0.2) is 20.2 Å². The van der Waals surface area contributed by atoms with Gasteiger partial charge in [-0.3, -0.25) is 5.10 Å². The molecule has 4 aromatic rings. The molecule has 3 heterocycles. The smallest absolute Gasteiger partial charge is 0.184 e. The number of aromatic nitrogens is 4. The van der Waals surface area contributed by atoms with Gasteiger partial charge in [0, 0.05) is 10.8 Å². The van der Waals surface area contributed by atoms with Crippen LogP contribution in [0.2, 0.25) is 0 Å². The molecule has 0 unspecified atom stereocenters. The van der Waals surface area contributed by atoms with E-state index in [1.54, 1.807) is 0 Å². The molecule has 1 aromatic carbocycles. The average Bonchev–Trinajstić information content (AvgIpc) is 3.17. The van der Waals surface area contributed by atoms with Crippen molar-refractivity contribution in [1.82, 2.24) is 20.2 Å². The first kappa shape index (κ1) is 10.5. The third-order valence-electron chi connectivity index (χ3n) is 2.80. The van der Waals surface area contributed by atoms with Crippen LogP contribution >= 0.6 is 11.3 Å². The normalized spacial score (nSPS) is 11.2. The molecule has 0 saturated carbocycles. The number of nitrogens with zero attached hydrogens (tertiary/aromatic N) is 3. The van der Waals surface area contributed by atoms with Crippen LogP contribution in [0.25, 0.3) is 33.3 Å². The van der Waals surface area contributed by atoms with Gasteiger partial charge < -0.3 is 4.42 Å². The van der Waals surface area contributed by atoms with Crippen LogP contribution in [0.1, 0.15) is 0 Å². The molecule has 0 fully saturated rings. The number of aromatic amines is 1. The molecule has 6 heteroatoms. The van der Waals surface area contributed by atoms with Gasteiger partial charge in [-0.1, -0.05) is 18.2 Å². The zero-order valence-electron chi connectivity index (χ0n) is 9.70. The first-order valence-corrected chi connectivity index (χ1v) is 6.58. The molecule has 0 aliphatic carbocycles. The second-order valence-corrected chi connectivity index (χ2v) is 4.88. The van der Waals surface area contributed by atoms with Gasteiger partial charge in [-0.15, -0.1) is 11.3 Å². The van der Waals surface area contributed by atoms with Crippen molar-refractivity contribution in [3.8, 4) is 22.3 Å². The quantitative estimate of drug-likeness (QED) is 0.605. The van der Waals surface area contributed by atoms with Crippen molar-refractivity contribution in [3.63, 3.8) is 0 Å². The highest BCUT2D eigenvalue weighted by atomic mass is 32.1. The highest BCUT2D eigenvalue weighted by Gasteiger charge is 2.12. The van der Waals surface area contributed by atoms with Crippen molar-refractivity contribution in [3.05, 3.63) is 42.0 Å². The number of hydrogen-bond donors (Lipinski definition) is 1. The number of furan rings is 1.